The van der Waals surface area contributed by atoms with Crippen molar-refractivity contribution in [2.45, 2.75) is 31.8 Å². The van der Waals surface area contributed by atoms with E-state index in [1.807, 2.05) is 19.1 Å². The molecule has 0 amide bonds. The van der Waals surface area contributed by atoms with Gasteiger partial charge in [-0.05, 0) is 84.7 Å². The lowest BCUT2D eigenvalue weighted by Gasteiger charge is -2.38. The summed E-state index contributed by atoms with van der Waals surface area (Å²) in [6, 6.07) is 8.18. The predicted octanol–water partition coefficient (Wildman–Crippen LogP) is 5.52. The van der Waals surface area contributed by atoms with Gasteiger partial charge in [-0.25, -0.2) is 13.8 Å². The van der Waals surface area contributed by atoms with Gasteiger partial charge in [-0.1, -0.05) is 11.6 Å². The summed E-state index contributed by atoms with van der Waals surface area (Å²) in [5, 5.41) is 11.2. The quantitative estimate of drug-likeness (QED) is 0.348. The molecule has 0 radical (unpaired) electrons. The van der Waals surface area contributed by atoms with Crippen LogP contribution in [0.25, 0.3) is 0 Å². The maximum atomic E-state index is 14.5. The second-order valence-electron chi connectivity index (χ2n) is 6.27. The van der Waals surface area contributed by atoms with Crippen molar-refractivity contribution in [3.63, 3.8) is 0 Å². The van der Waals surface area contributed by atoms with E-state index in [0.717, 1.165) is 15.6 Å². The second kappa shape index (κ2) is 7.34. The van der Waals surface area contributed by atoms with E-state index >= 15 is 0 Å². The molecule has 0 saturated heterocycles. The van der Waals surface area contributed by atoms with Crippen molar-refractivity contribution in [3.8, 4) is 0 Å². The first-order chi connectivity index (χ1) is 11.8. The minimum Gasteiger partial charge on any atom is -0.387 e. The smallest absolute Gasteiger partial charge is 0.186 e. The second-order valence-corrected chi connectivity index (χ2v) is 7.92. The third-order valence-electron chi connectivity index (χ3n) is 4.36. The summed E-state index contributed by atoms with van der Waals surface area (Å²) in [6.07, 6.45) is 2.18. The Kier molecular flexibility index (Phi) is 5.53. The van der Waals surface area contributed by atoms with E-state index in [0.29, 0.717) is 18.5 Å². The molecular weight excluding hydrogens is 463 g/mol. The molecule has 1 aliphatic carbocycles. The molecule has 25 heavy (non-hydrogen) atoms. The van der Waals surface area contributed by atoms with Gasteiger partial charge in [0.1, 0.15) is 12.3 Å². The Hall–Kier alpha value is -0.960. The number of hydrogen-bond donors (Lipinski definition) is 1. The lowest BCUT2D eigenvalue weighted by atomic mass is 9.81. The van der Waals surface area contributed by atoms with Gasteiger partial charge in [0.05, 0.1) is 16.3 Å². The zero-order chi connectivity index (χ0) is 18.2. The lowest BCUT2D eigenvalue weighted by molar-refractivity contribution is -0.0962. The largest absolute Gasteiger partial charge is 0.387 e. The van der Waals surface area contributed by atoms with Crippen molar-refractivity contribution in [2.75, 3.05) is 11.7 Å². The fourth-order valence-corrected chi connectivity index (χ4v) is 3.49. The third-order valence-corrected chi connectivity index (χ3v) is 5.32. The van der Waals surface area contributed by atoms with Crippen molar-refractivity contribution in [3.05, 3.63) is 56.1 Å². The molecule has 1 aliphatic rings. The maximum Gasteiger partial charge on any atom is 0.186 e. The standard InChI is InChI=1S/C18H17ClF2INO2/c1-11-9-12(22)3-5-14(11)23(25-10-18(24)7-2-8-18)15-6-4-13(19)16(20)17(15)21/h3-6,9,24H,2,7-8,10H2,1H3. The molecule has 0 bridgehead atoms. The van der Waals surface area contributed by atoms with Crippen molar-refractivity contribution < 1.29 is 18.7 Å². The maximum absolute atomic E-state index is 14.5. The Bertz CT molecular complexity index is 799. The molecule has 0 heterocycles. The van der Waals surface area contributed by atoms with Crippen LogP contribution in [0, 0.1) is 22.1 Å². The Morgan fingerprint density at radius 3 is 2.48 bits per heavy atom. The molecule has 134 valence electrons. The fourth-order valence-electron chi connectivity index (χ4n) is 2.70. The normalized spacial score (nSPS) is 15.8. The van der Waals surface area contributed by atoms with E-state index in [1.165, 1.54) is 17.2 Å². The van der Waals surface area contributed by atoms with Gasteiger partial charge in [0.15, 0.2) is 11.6 Å². The molecule has 0 atom stereocenters. The SMILES string of the molecule is Cc1cc(I)ccc1N(OCC1(O)CCC1)c1ccc(Cl)c(F)c1F. The number of halogens is 4. The van der Waals surface area contributed by atoms with Crippen LogP contribution in [0.15, 0.2) is 30.3 Å². The third kappa shape index (κ3) is 3.92. The highest BCUT2D eigenvalue weighted by atomic mass is 127. The Balaban J connectivity index is 2.00. The number of hydrogen-bond acceptors (Lipinski definition) is 3. The molecular formula is C18H17ClF2INO2. The summed E-state index contributed by atoms with van der Waals surface area (Å²) in [4.78, 5) is 5.75. The molecule has 7 heteroatoms. The van der Waals surface area contributed by atoms with Gasteiger partial charge in [-0.2, -0.15) is 0 Å². The zero-order valence-electron chi connectivity index (χ0n) is 13.5. The van der Waals surface area contributed by atoms with Crippen LogP contribution >= 0.6 is 34.2 Å². The van der Waals surface area contributed by atoms with Crippen molar-refractivity contribution in [1.29, 1.82) is 0 Å². The summed E-state index contributed by atoms with van der Waals surface area (Å²) in [5.41, 5.74) is 0.400. The number of nitrogens with zero attached hydrogens (tertiary/aromatic N) is 1. The van der Waals surface area contributed by atoms with E-state index in [-0.39, 0.29) is 17.3 Å². The van der Waals surface area contributed by atoms with Crippen LogP contribution in [0.5, 0.6) is 0 Å². The molecule has 1 fully saturated rings. The highest BCUT2D eigenvalue weighted by Gasteiger charge is 2.36. The molecule has 2 aromatic rings. The first-order valence-electron chi connectivity index (χ1n) is 7.86. The molecule has 3 rings (SSSR count). The predicted molar refractivity (Wildman–Crippen MR) is 102 cm³/mol. The van der Waals surface area contributed by atoms with E-state index in [2.05, 4.69) is 22.6 Å². The topological polar surface area (TPSA) is 32.7 Å². The molecule has 0 spiro atoms. The van der Waals surface area contributed by atoms with Gasteiger partial charge >= 0.3 is 0 Å². The van der Waals surface area contributed by atoms with Crippen molar-refractivity contribution in [2.24, 2.45) is 0 Å². The van der Waals surface area contributed by atoms with Crippen LogP contribution < -0.4 is 5.06 Å². The van der Waals surface area contributed by atoms with Gasteiger partial charge < -0.3 is 5.11 Å². The first kappa shape index (κ1) is 18.8. The molecule has 1 saturated carbocycles. The minimum absolute atomic E-state index is 0.00210. The first-order valence-corrected chi connectivity index (χ1v) is 9.31. The van der Waals surface area contributed by atoms with Gasteiger partial charge in [0, 0.05) is 3.57 Å². The van der Waals surface area contributed by atoms with E-state index < -0.39 is 17.2 Å². The zero-order valence-corrected chi connectivity index (χ0v) is 16.4. The molecule has 2 aromatic carbocycles. The monoisotopic (exact) mass is 479 g/mol. The molecule has 3 nitrogen and oxygen atoms in total. The summed E-state index contributed by atoms with van der Waals surface area (Å²) < 4.78 is 29.4. The Labute approximate surface area is 163 Å². The summed E-state index contributed by atoms with van der Waals surface area (Å²) in [5.74, 6) is -2.22. The van der Waals surface area contributed by atoms with Crippen LogP contribution in [0.4, 0.5) is 20.2 Å². The minimum atomic E-state index is -1.13. The number of anilines is 2. The average molecular weight is 480 g/mol. The Morgan fingerprint density at radius 2 is 1.88 bits per heavy atom. The number of benzene rings is 2. The van der Waals surface area contributed by atoms with Crippen LogP contribution in [-0.2, 0) is 4.84 Å². The molecule has 0 unspecified atom stereocenters. The van der Waals surface area contributed by atoms with Crippen LogP contribution in [0.1, 0.15) is 24.8 Å². The molecule has 0 aliphatic heterocycles. The fraction of sp³-hybridized carbons (Fsp3) is 0.333. The van der Waals surface area contributed by atoms with E-state index in [4.69, 9.17) is 16.4 Å². The Morgan fingerprint density at radius 1 is 1.20 bits per heavy atom. The van der Waals surface area contributed by atoms with Gasteiger partial charge in [0.2, 0.25) is 0 Å². The van der Waals surface area contributed by atoms with E-state index in [1.54, 1.807) is 6.07 Å². The van der Waals surface area contributed by atoms with Gasteiger partial charge in [-0.3, -0.25) is 4.84 Å². The van der Waals surface area contributed by atoms with Crippen LogP contribution in [0.2, 0.25) is 5.02 Å². The van der Waals surface area contributed by atoms with Gasteiger partial charge in [-0.15, -0.1) is 0 Å². The highest BCUT2D eigenvalue weighted by molar-refractivity contribution is 14.1. The molecule has 1 N–H and O–H groups in total. The van der Waals surface area contributed by atoms with Crippen LogP contribution in [0.3, 0.4) is 0 Å². The van der Waals surface area contributed by atoms with Crippen molar-refractivity contribution >= 4 is 45.6 Å². The molecule has 0 aromatic heterocycles. The van der Waals surface area contributed by atoms with Crippen LogP contribution in [-0.4, -0.2) is 17.3 Å². The summed E-state index contributed by atoms with van der Waals surface area (Å²) in [6.45, 7) is 1.86. The average Bonchev–Trinajstić information content (AvgIpc) is 2.54. The lowest BCUT2D eigenvalue weighted by Crippen LogP contribution is -2.43. The number of rotatable bonds is 5. The van der Waals surface area contributed by atoms with Gasteiger partial charge in [0.25, 0.3) is 0 Å². The summed E-state index contributed by atoms with van der Waals surface area (Å²) >= 11 is 7.83. The number of aryl methyl sites for hydroxylation is 1. The highest BCUT2D eigenvalue weighted by Crippen LogP contribution is 2.37. The van der Waals surface area contributed by atoms with Crippen molar-refractivity contribution in [1.82, 2.24) is 0 Å². The number of aliphatic hydroxyl groups is 1. The summed E-state index contributed by atoms with van der Waals surface area (Å²) in [7, 11) is 0. The van der Waals surface area contributed by atoms with E-state index in [9.17, 15) is 13.9 Å².